The van der Waals surface area contributed by atoms with Gasteiger partial charge in [0.15, 0.2) is 0 Å². The Morgan fingerprint density at radius 3 is 2.62 bits per heavy atom. The summed E-state index contributed by atoms with van der Waals surface area (Å²) >= 11 is 0. The molecule has 0 saturated carbocycles. The zero-order chi connectivity index (χ0) is 15.5. The molecule has 0 radical (unpaired) electrons. The van der Waals surface area contributed by atoms with E-state index in [1.165, 1.54) is 0 Å². The predicted molar refractivity (Wildman–Crippen MR) is 83.7 cm³/mol. The van der Waals surface area contributed by atoms with E-state index in [1.54, 1.807) is 30.5 Å². The first-order chi connectivity index (χ1) is 9.94. The highest BCUT2D eigenvalue weighted by atomic mass is 32.2. The summed E-state index contributed by atoms with van der Waals surface area (Å²) in [4.78, 5) is 4.29. The lowest BCUT2D eigenvalue weighted by Crippen LogP contribution is -2.16. The van der Waals surface area contributed by atoms with Crippen LogP contribution in [0, 0.1) is 6.92 Å². The van der Waals surface area contributed by atoms with Gasteiger partial charge in [-0.3, -0.25) is 4.72 Å². The zero-order valence-electron chi connectivity index (χ0n) is 12.3. The highest BCUT2D eigenvalue weighted by molar-refractivity contribution is 7.92. The van der Waals surface area contributed by atoms with Crippen molar-refractivity contribution in [3.8, 4) is 0 Å². The van der Waals surface area contributed by atoms with Crippen molar-refractivity contribution in [3.05, 3.63) is 53.7 Å². The molecule has 0 fully saturated rings. The number of sulfonamides is 1. The van der Waals surface area contributed by atoms with E-state index in [2.05, 4.69) is 15.0 Å². The van der Waals surface area contributed by atoms with Crippen molar-refractivity contribution in [2.24, 2.45) is 0 Å². The van der Waals surface area contributed by atoms with Crippen LogP contribution in [-0.2, 0) is 10.0 Å². The van der Waals surface area contributed by atoms with Crippen molar-refractivity contribution in [2.45, 2.75) is 24.8 Å². The summed E-state index contributed by atoms with van der Waals surface area (Å²) in [6, 6.07) is 10.5. The number of hydrogen-bond acceptors (Lipinski definition) is 4. The molecule has 2 rings (SSSR count). The Labute approximate surface area is 125 Å². The number of nitrogens with zero attached hydrogens (tertiary/aromatic N) is 1. The zero-order valence-corrected chi connectivity index (χ0v) is 13.1. The van der Waals surface area contributed by atoms with E-state index in [9.17, 15) is 8.42 Å². The predicted octanol–water partition coefficient (Wildman–Crippen LogP) is 2.47. The van der Waals surface area contributed by atoms with Crippen molar-refractivity contribution in [1.29, 1.82) is 0 Å². The van der Waals surface area contributed by atoms with Crippen LogP contribution in [0.25, 0.3) is 0 Å². The maximum atomic E-state index is 12.4. The molecule has 2 N–H and O–H groups in total. The van der Waals surface area contributed by atoms with Crippen LogP contribution in [0.5, 0.6) is 0 Å². The minimum atomic E-state index is -3.64. The lowest BCUT2D eigenvalue weighted by molar-refractivity contribution is 0.600. The smallest absolute Gasteiger partial charge is 0.263 e. The van der Waals surface area contributed by atoms with Gasteiger partial charge in [0, 0.05) is 12.2 Å². The molecule has 0 aliphatic heterocycles. The van der Waals surface area contributed by atoms with Crippen LogP contribution in [0.15, 0.2) is 47.5 Å². The van der Waals surface area contributed by atoms with Crippen LogP contribution < -0.4 is 10.0 Å². The summed E-state index contributed by atoms with van der Waals surface area (Å²) in [5.41, 5.74) is 1.69. The van der Waals surface area contributed by atoms with Crippen molar-refractivity contribution in [1.82, 2.24) is 10.3 Å². The lowest BCUT2D eigenvalue weighted by Gasteiger charge is -2.13. The summed E-state index contributed by atoms with van der Waals surface area (Å²) in [5.74, 6) is 0.351. The maximum Gasteiger partial charge on any atom is 0.263 e. The molecule has 0 bridgehead atoms. The van der Waals surface area contributed by atoms with E-state index in [-0.39, 0.29) is 10.9 Å². The number of benzene rings is 1. The number of anilines is 1. The Bertz CT molecular complexity index is 729. The van der Waals surface area contributed by atoms with Gasteiger partial charge in [0.1, 0.15) is 5.82 Å². The number of aromatic nitrogens is 1. The van der Waals surface area contributed by atoms with Crippen LogP contribution in [-0.4, -0.2) is 20.4 Å². The van der Waals surface area contributed by atoms with Gasteiger partial charge in [-0.2, -0.15) is 0 Å². The van der Waals surface area contributed by atoms with Gasteiger partial charge in [-0.25, -0.2) is 13.4 Å². The minimum Gasteiger partial charge on any atom is -0.313 e. The Balaban J connectivity index is 2.34. The fourth-order valence-electron chi connectivity index (χ4n) is 1.90. The molecule has 1 aromatic carbocycles. The molecule has 6 heteroatoms. The van der Waals surface area contributed by atoms with Crippen LogP contribution in [0.4, 0.5) is 5.82 Å². The summed E-state index contributed by atoms with van der Waals surface area (Å²) in [6.45, 7) is 3.78. The van der Waals surface area contributed by atoms with Crippen LogP contribution in [0.2, 0.25) is 0 Å². The second-order valence-electron chi connectivity index (χ2n) is 4.86. The van der Waals surface area contributed by atoms with Gasteiger partial charge in [0.2, 0.25) is 0 Å². The third-order valence-electron chi connectivity index (χ3n) is 3.34. The van der Waals surface area contributed by atoms with Gasteiger partial charge in [-0.15, -0.1) is 0 Å². The summed E-state index contributed by atoms with van der Waals surface area (Å²) in [5, 5.41) is 3.09. The number of hydrogen-bond donors (Lipinski definition) is 2. The third-order valence-corrected chi connectivity index (χ3v) is 4.68. The number of rotatable bonds is 5. The van der Waals surface area contributed by atoms with Gasteiger partial charge in [0.05, 0.1) is 4.90 Å². The van der Waals surface area contributed by atoms with E-state index >= 15 is 0 Å². The molecule has 21 heavy (non-hydrogen) atoms. The first-order valence-corrected chi connectivity index (χ1v) is 8.14. The molecule has 0 aliphatic rings. The molecule has 1 atom stereocenters. The average molecular weight is 305 g/mol. The van der Waals surface area contributed by atoms with Crippen LogP contribution in [0.3, 0.4) is 0 Å². The quantitative estimate of drug-likeness (QED) is 0.890. The van der Waals surface area contributed by atoms with Crippen molar-refractivity contribution in [2.75, 3.05) is 11.8 Å². The lowest BCUT2D eigenvalue weighted by atomic mass is 10.1. The Kier molecular flexibility index (Phi) is 4.59. The molecule has 0 spiro atoms. The first kappa shape index (κ1) is 15.5. The Morgan fingerprint density at radius 1 is 1.19 bits per heavy atom. The fraction of sp³-hybridized carbons (Fsp3) is 0.267. The second-order valence-corrected chi connectivity index (χ2v) is 6.54. The van der Waals surface area contributed by atoms with E-state index in [0.717, 1.165) is 11.1 Å². The number of aryl methyl sites for hydroxylation is 1. The monoisotopic (exact) mass is 305 g/mol. The molecule has 1 aromatic heterocycles. The summed E-state index contributed by atoms with van der Waals surface area (Å²) in [7, 11) is -1.81. The van der Waals surface area contributed by atoms with E-state index in [0.29, 0.717) is 5.82 Å². The molecular weight excluding hydrogens is 286 g/mol. The number of nitrogens with one attached hydrogen (secondary N) is 2. The first-order valence-electron chi connectivity index (χ1n) is 6.65. The summed E-state index contributed by atoms with van der Waals surface area (Å²) < 4.78 is 27.4. The van der Waals surface area contributed by atoms with Gasteiger partial charge in [0.25, 0.3) is 10.0 Å². The largest absolute Gasteiger partial charge is 0.313 e. The van der Waals surface area contributed by atoms with Crippen molar-refractivity contribution in [3.63, 3.8) is 0 Å². The van der Waals surface area contributed by atoms with Gasteiger partial charge in [-0.1, -0.05) is 18.2 Å². The third kappa shape index (κ3) is 3.59. The minimum absolute atomic E-state index is 0.0803. The molecule has 1 unspecified atom stereocenters. The Morgan fingerprint density at radius 2 is 1.95 bits per heavy atom. The highest BCUT2D eigenvalue weighted by Gasteiger charge is 2.17. The molecule has 0 amide bonds. The SMILES string of the molecule is CNC(C)c1cccc(S(=O)(=O)Nc2ncccc2C)c1. The van der Waals surface area contributed by atoms with Gasteiger partial charge >= 0.3 is 0 Å². The molecule has 5 nitrogen and oxygen atoms in total. The van der Waals surface area contributed by atoms with Crippen LogP contribution >= 0.6 is 0 Å². The van der Waals surface area contributed by atoms with E-state index in [4.69, 9.17) is 0 Å². The normalized spacial score (nSPS) is 12.9. The van der Waals surface area contributed by atoms with Gasteiger partial charge in [-0.05, 0) is 50.2 Å². The fourth-order valence-corrected chi connectivity index (χ4v) is 3.03. The van der Waals surface area contributed by atoms with Crippen molar-refractivity contribution >= 4 is 15.8 Å². The molecule has 1 heterocycles. The van der Waals surface area contributed by atoms with Crippen LogP contribution in [0.1, 0.15) is 24.1 Å². The second kappa shape index (κ2) is 6.24. The van der Waals surface area contributed by atoms with E-state index < -0.39 is 10.0 Å². The number of pyridine rings is 1. The molecule has 112 valence electrons. The molecular formula is C15H19N3O2S. The van der Waals surface area contributed by atoms with Gasteiger partial charge < -0.3 is 5.32 Å². The molecule has 0 aliphatic carbocycles. The Hall–Kier alpha value is -1.92. The van der Waals surface area contributed by atoms with Crippen molar-refractivity contribution < 1.29 is 8.42 Å². The summed E-state index contributed by atoms with van der Waals surface area (Å²) in [6.07, 6.45) is 1.56. The maximum absolute atomic E-state index is 12.4. The average Bonchev–Trinajstić information content (AvgIpc) is 2.49. The highest BCUT2D eigenvalue weighted by Crippen LogP contribution is 2.20. The standard InChI is InChI=1S/C15H19N3O2S/c1-11-6-5-9-17-15(11)18-21(19,20)14-8-4-7-13(10-14)12(2)16-3/h4-10,12,16H,1-3H3,(H,17,18). The molecule has 0 saturated heterocycles. The van der Waals surface area contributed by atoms with E-state index in [1.807, 2.05) is 33.0 Å². The topological polar surface area (TPSA) is 71.1 Å². The molecule has 2 aromatic rings.